The average Bonchev–Trinajstić information content (AvgIpc) is 3.15. The van der Waals surface area contributed by atoms with Crippen LogP contribution in [0.4, 0.5) is 5.69 Å². The molecule has 0 radical (unpaired) electrons. The Bertz CT molecular complexity index is 1010. The highest BCUT2D eigenvalue weighted by Crippen LogP contribution is 2.24. The molecule has 3 aromatic rings. The molecule has 8 heteroatoms. The van der Waals surface area contributed by atoms with Gasteiger partial charge >= 0.3 is 5.97 Å². The van der Waals surface area contributed by atoms with Crippen molar-refractivity contribution in [2.24, 2.45) is 0 Å². The van der Waals surface area contributed by atoms with E-state index in [-0.39, 0.29) is 18.4 Å². The van der Waals surface area contributed by atoms with E-state index in [4.69, 9.17) is 20.8 Å². The Morgan fingerprint density at radius 1 is 1.15 bits per heavy atom. The van der Waals surface area contributed by atoms with Crippen molar-refractivity contribution in [3.8, 4) is 11.5 Å². The molecular formula is C19H14ClN3O4. The number of nitrogens with one attached hydrogen (secondary N) is 1. The minimum absolute atomic E-state index is 0.0225. The number of esters is 1. The number of anilines is 1. The van der Waals surface area contributed by atoms with Crippen molar-refractivity contribution >= 4 is 29.2 Å². The van der Waals surface area contributed by atoms with Crippen LogP contribution in [0.25, 0.3) is 11.5 Å². The van der Waals surface area contributed by atoms with Crippen LogP contribution in [0.3, 0.4) is 0 Å². The Morgan fingerprint density at radius 2 is 1.96 bits per heavy atom. The van der Waals surface area contributed by atoms with Crippen molar-refractivity contribution < 1.29 is 18.7 Å². The van der Waals surface area contributed by atoms with Gasteiger partial charge in [0, 0.05) is 22.7 Å². The second-order valence-electron chi connectivity index (χ2n) is 6.00. The first-order chi connectivity index (χ1) is 13.1. The number of carbonyl (C=O) groups excluding carboxylic acids is 2. The van der Waals surface area contributed by atoms with Crippen LogP contribution in [-0.2, 0) is 22.6 Å². The lowest BCUT2D eigenvalue weighted by Crippen LogP contribution is -2.19. The maximum atomic E-state index is 12.3. The Balaban J connectivity index is 1.41. The van der Waals surface area contributed by atoms with Crippen molar-refractivity contribution in [3.63, 3.8) is 0 Å². The first-order valence-electron chi connectivity index (χ1n) is 8.27. The fraction of sp³-hybridized carbons (Fsp3) is 0.158. The molecule has 0 bridgehead atoms. The van der Waals surface area contributed by atoms with Gasteiger partial charge < -0.3 is 14.5 Å². The Kier molecular flexibility index (Phi) is 4.60. The number of aromatic nitrogens is 2. The summed E-state index contributed by atoms with van der Waals surface area (Å²) in [4.78, 5) is 23.7. The lowest BCUT2D eigenvalue weighted by atomic mass is 10.0. The fourth-order valence-electron chi connectivity index (χ4n) is 2.74. The standard InChI is InChI=1S/C19H14ClN3O4/c20-14-5-1-11(2-6-14)18-23-22-17(27-18)10-26-19(25)13-3-7-15-12(9-13)4-8-16(24)21-15/h1-3,5-7,9H,4,8,10H2,(H,21,24). The van der Waals surface area contributed by atoms with Gasteiger partial charge in [-0.1, -0.05) is 11.6 Å². The largest absolute Gasteiger partial charge is 0.452 e. The maximum absolute atomic E-state index is 12.3. The molecule has 4 rings (SSSR count). The molecule has 0 fully saturated rings. The van der Waals surface area contributed by atoms with E-state index in [1.807, 2.05) is 0 Å². The van der Waals surface area contributed by atoms with Gasteiger partial charge in [-0.3, -0.25) is 4.79 Å². The number of ether oxygens (including phenoxy) is 1. The number of halogens is 1. The zero-order chi connectivity index (χ0) is 18.8. The number of fused-ring (bicyclic) bond motifs is 1. The van der Waals surface area contributed by atoms with Gasteiger partial charge in [-0.05, 0) is 54.4 Å². The van der Waals surface area contributed by atoms with Crippen molar-refractivity contribution in [1.29, 1.82) is 0 Å². The lowest BCUT2D eigenvalue weighted by Gasteiger charge is -2.17. The first-order valence-corrected chi connectivity index (χ1v) is 8.64. The molecule has 7 nitrogen and oxygen atoms in total. The summed E-state index contributed by atoms with van der Waals surface area (Å²) in [5, 5.41) is 11.2. The first kappa shape index (κ1) is 17.2. The van der Waals surface area contributed by atoms with Crippen LogP contribution in [0.15, 0.2) is 46.9 Å². The third-order valence-electron chi connectivity index (χ3n) is 4.12. The predicted octanol–water partition coefficient (Wildman–Crippen LogP) is 3.63. The molecule has 1 aliphatic rings. The Morgan fingerprint density at radius 3 is 2.78 bits per heavy atom. The van der Waals surface area contributed by atoms with Gasteiger partial charge in [-0.15, -0.1) is 10.2 Å². The van der Waals surface area contributed by atoms with E-state index in [0.29, 0.717) is 29.3 Å². The normalized spacial score (nSPS) is 13.0. The van der Waals surface area contributed by atoms with Crippen molar-refractivity contribution in [2.45, 2.75) is 19.4 Å². The summed E-state index contributed by atoms with van der Waals surface area (Å²) in [7, 11) is 0. The molecule has 0 saturated carbocycles. The number of hydrogen-bond acceptors (Lipinski definition) is 6. The number of hydrogen-bond donors (Lipinski definition) is 1. The van der Waals surface area contributed by atoms with Crippen LogP contribution in [0.1, 0.15) is 28.2 Å². The molecule has 1 aliphatic heterocycles. The molecule has 0 spiro atoms. The van der Waals surface area contributed by atoms with E-state index in [1.54, 1.807) is 42.5 Å². The summed E-state index contributed by atoms with van der Waals surface area (Å²) >= 11 is 5.85. The molecule has 2 aromatic carbocycles. The number of aryl methyl sites for hydroxylation is 1. The van der Waals surface area contributed by atoms with E-state index in [9.17, 15) is 9.59 Å². The second kappa shape index (κ2) is 7.20. The van der Waals surface area contributed by atoms with Gasteiger partial charge in [0.2, 0.25) is 11.8 Å². The zero-order valence-corrected chi connectivity index (χ0v) is 14.8. The quantitative estimate of drug-likeness (QED) is 0.691. The van der Waals surface area contributed by atoms with Crippen molar-refractivity contribution in [3.05, 3.63) is 64.5 Å². The van der Waals surface area contributed by atoms with Gasteiger partial charge in [-0.25, -0.2) is 4.79 Å². The molecule has 2 heterocycles. The highest BCUT2D eigenvalue weighted by Gasteiger charge is 2.18. The van der Waals surface area contributed by atoms with Gasteiger partial charge in [0.05, 0.1) is 5.56 Å². The van der Waals surface area contributed by atoms with Crippen LogP contribution in [0.2, 0.25) is 5.02 Å². The van der Waals surface area contributed by atoms with E-state index in [1.165, 1.54) is 0 Å². The van der Waals surface area contributed by atoms with E-state index >= 15 is 0 Å². The molecule has 0 unspecified atom stereocenters. The SMILES string of the molecule is O=C1CCc2cc(C(=O)OCc3nnc(-c4ccc(Cl)cc4)o3)ccc2N1. The van der Waals surface area contributed by atoms with E-state index in [2.05, 4.69) is 15.5 Å². The van der Waals surface area contributed by atoms with E-state index < -0.39 is 5.97 Å². The van der Waals surface area contributed by atoms with Gasteiger partial charge in [0.15, 0.2) is 6.61 Å². The van der Waals surface area contributed by atoms with Gasteiger partial charge in [0.25, 0.3) is 5.89 Å². The van der Waals surface area contributed by atoms with Crippen molar-refractivity contribution in [2.75, 3.05) is 5.32 Å². The smallest absolute Gasteiger partial charge is 0.338 e. The predicted molar refractivity (Wildman–Crippen MR) is 97.3 cm³/mol. The summed E-state index contributed by atoms with van der Waals surface area (Å²) in [5.74, 6) is -0.00702. The zero-order valence-electron chi connectivity index (χ0n) is 14.1. The number of carbonyl (C=O) groups is 2. The highest BCUT2D eigenvalue weighted by molar-refractivity contribution is 6.30. The number of rotatable bonds is 4. The fourth-order valence-corrected chi connectivity index (χ4v) is 2.87. The average molecular weight is 384 g/mol. The summed E-state index contributed by atoms with van der Waals surface area (Å²) in [6, 6.07) is 12.0. The summed E-state index contributed by atoms with van der Waals surface area (Å²) in [5.41, 5.74) is 2.77. The third kappa shape index (κ3) is 3.83. The number of nitrogens with zero attached hydrogens (tertiary/aromatic N) is 2. The minimum atomic E-state index is -0.499. The Labute approximate surface area is 159 Å². The van der Waals surface area contributed by atoms with Crippen LogP contribution < -0.4 is 5.32 Å². The maximum Gasteiger partial charge on any atom is 0.338 e. The van der Waals surface area contributed by atoms with Crippen LogP contribution in [0, 0.1) is 0 Å². The van der Waals surface area contributed by atoms with Gasteiger partial charge in [-0.2, -0.15) is 0 Å². The number of amides is 1. The molecule has 1 aromatic heterocycles. The minimum Gasteiger partial charge on any atom is -0.452 e. The highest BCUT2D eigenvalue weighted by atomic mass is 35.5. The monoisotopic (exact) mass is 383 g/mol. The summed E-state index contributed by atoms with van der Waals surface area (Å²) in [6.07, 6.45) is 0.997. The van der Waals surface area contributed by atoms with E-state index in [0.717, 1.165) is 16.8 Å². The van der Waals surface area contributed by atoms with Crippen LogP contribution in [-0.4, -0.2) is 22.1 Å². The summed E-state index contributed by atoms with van der Waals surface area (Å²) < 4.78 is 10.8. The molecule has 1 N–H and O–H groups in total. The molecule has 1 amide bonds. The molecule has 0 aliphatic carbocycles. The molecule has 0 atom stereocenters. The molecule has 136 valence electrons. The second-order valence-corrected chi connectivity index (χ2v) is 6.44. The Hall–Kier alpha value is -3.19. The number of benzene rings is 2. The van der Waals surface area contributed by atoms with Crippen LogP contribution in [0.5, 0.6) is 0 Å². The molecule has 0 saturated heterocycles. The molecule has 27 heavy (non-hydrogen) atoms. The third-order valence-corrected chi connectivity index (χ3v) is 4.37. The van der Waals surface area contributed by atoms with Crippen LogP contribution >= 0.6 is 11.6 Å². The molecular weight excluding hydrogens is 370 g/mol. The topological polar surface area (TPSA) is 94.3 Å². The van der Waals surface area contributed by atoms with Crippen molar-refractivity contribution in [1.82, 2.24) is 10.2 Å². The lowest BCUT2D eigenvalue weighted by molar-refractivity contribution is -0.116. The summed E-state index contributed by atoms with van der Waals surface area (Å²) in [6.45, 7) is -0.132. The van der Waals surface area contributed by atoms with Gasteiger partial charge in [0.1, 0.15) is 0 Å².